The lowest BCUT2D eigenvalue weighted by atomic mass is 10.6. The summed E-state index contributed by atoms with van der Waals surface area (Å²) >= 11 is 0. The third-order valence-corrected chi connectivity index (χ3v) is 1.01. The molecule has 0 bridgehead atoms. The van der Waals surface area contributed by atoms with Crippen LogP contribution in [0.25, 0.3) is 0 Å². The van der Waals surface area contributed by atoms with Gasteiger partial charge in [-0.2, -0.15) is 4.99 Å². The summed E-state index contributed by atoms with van der Waals surface area (Å²) in [5.41, 5.74) is 0. The molecular weight excluding hydrogens is 162 g/mol. The molecule has 0 aliphatic rings. The molecular formula is C6H11N3O3. The summed E-state index contributed by atoms with van der Waals surface area (Å²) < 4.78 is 4.48. The summed E-state index contributed by atoms with van der Waals surface area (Å²) in [6.45, 7) is 3.31. The van der Waals surface area contributed by atoms with Crippen LogP contribution in [0.15, 0.2) is 4.99 Å². The van der Waals surface area contributed by atoms with Gasteiger partial charge in [0, 0.05) is 0 Å². The second-order valence-corrected chi connectivity index (χ2v) is 1.87. The van der Waals surface area contributed by atoms with E-state index in [0.29, 0.717) is 11.4 Å². The average Bonchev–Trinajstić information content (AvgIpc) is 2.03. The van der Waals surface area contributed by atoms with E-state index in [1.807, 2.05) is 0 Å². The van der Waals surface area contributed by atoms with Gasteiger partial charge in [0.15, 0.2) is 0 Å². The van der Waals surface area contributed by atoms with E-state index >= 15 is 0 Å². The van der Waals surface area contributed by atoms with E-state index in [4.69, 9.17) is 5.84 Å². The molecule has 0 aliphatic heterocycles. The zero-order valence-electron chi connectivity index (χ0n) is 6.98. The molecule has 0 aromatic carbocycles. The minimum absolute atomic E-state index is 0.0865. The second kappa shape index (κ2) is 5.25. The predicted octanol–water partition coefficient (Wildman–Crippen LogP) is -0.107. The first-order chi connectivity index (χ1) is 5.61. The minimum atomic E-state index is -0.757. The molecule has 0 atom stereocenters. The number of carbonyl (C=O) groups excluding carboxylic acids is 2. The predicted molar refractivity (Wildman–Crippen MR) is 42.2 cm³/mol. The van der Waals surface area contributed by atoms with Crippen LogP contribution in [-0.4, -0.2) is 30.0 Å². The Balaban J connectivity index is 4.14. The first-order valence-electron chi connectivity index (χ1n) is 3.33. The Morgan fingerprint density at radius 3 is 2.75 bits per heavy atom. The van der Waals surface area contributed by atoms with Crippen molar-refractivity contribution in [2.45, 2.75) is 13.8 Å². The number of nitrogens with zero attached hydrogens (tertiary/aromatic N) is 2. The van der Waals surface area contributed by atoms with Crippen LogP contribution in [0, 0.1) is 0 Å². The number of hydrogen-bond donors (Lipinski definition) is 1. The molecule has 0 aromatic heterocycles. The number of amides is 2. The maximum Gasteiger partial charge on any atom is 0.435 e. The van der Waals surface area contributed by atoms with E-state index in [1.54, 1.807) is 6.92 Å². The Bertz CT molecular complexity index is 202. The van der Waals surface area contributed by atoms with Crippen LogP contribution in [0.5, 0.6) is 0 Å². The molecule has 0 radical (unpaired) electrons. The molecule has 0 aromatic rings. The van der Waals surface area contributed by atoms with Crippen LogP contribution in [0.1, 0.15) is 13.8 Å². The molecule has 0 unspecified atom stereocenters. The number of hydrazine groups is 1. The van der Waals surface area contributed by atoms with Crippen LogP contribution in [0.4, 0.5) is 4.79 Å². The van der Waals surface area contributed by atoms with Crippen molar-refractivity contribution >= 4 is 18.3 Å². The van der Waals surface area contributed by atoms with Gasteiger partial charge in [-0.25, -0.2) is 15.6 Å². The Hall–Kier alpha value is -1.43. The SMILES string of the molecule is CCOC(=O)/N=C(\C)N(N)C=O. The van der Waals surface area contributed by atoms with Crippen LogP contribution >= 0.6 is 0 Å². The van der Waals surface area contributed by atoms with Gasteiger partial charge >= 0.3 is 6.09 Å². The van der Waals surface area contributed by atoms with Gasteiger partial charge in [0.2, 0.25) is 6.41 Å². The van der Waals surface area contributed by atoms with Gasteiger partial charge < -0.3 is 4.74 Å². The number of nitrogens with two attached hydrogens (primary N) is 1. The first kappa shape index (κ1) is 10.6. The normalized spacial score (nSPS) is 10.8. The van der Waals surface area contributed by atoms with E-state index in [1.165, 1.54) is 6.92 Å². The Labute approximate surface area is 70.0 Å². The highest BCUT2D eigenvalue weighted by Gasteiger charge is 2.02. The number of hydrogen-bond acceptors (Lipinski definition) is 4. The largest absolute Gasteiger partial charge is 0.448 e. The van der Waals surface area contributed by atoms with Crippen molar-refractivity contribution in [3.8, 4) is 0 Å². The van der Waals surface area contributed by atoms with E-state index in [2.05, 4.69) is 9.73 Å². The lowest BCUT2D eigenvalue weighted by Crippen LogP contribution is -2.34. The third-order valence-electron chi connectivity index (χ3n) is 1.01. The molecule has 6 heteroatoms. The maximum atomic E-state index is 10.7. The number of carbonyl (C=O) groups is 2. The van der Waals surface area contributed by atoms with Crippen molar-refractivity contribution in [2.75, 3.05) is 6.61 Å². The molecule has 2 N–H and O–H groups in total. The molecule has 0 fully saturated rings. The zero-order chi connectivity index (χ0) is 9.56. The maximum absolute atomic E-state index is 10.7. The van der Waals surface area contributed by atoms with Crippen molar-refractivity contribution in [1.29, 1.82) is 0 Å². The van der Waals surface area contributed by atoms with Crippen molar-refractivity contribution in [1.82, 2.24) is 5.01 Å². The monoisotopic (exact) mass is 173 g/mol. The molecule has 0 aliphatic carbocycles. The molecule has 0 heterocycles. The number of rotatable bonds is 2. The van der Waals surface area contributed by atoms with Crippen molar-refractivity contribution < 1.29 is 14.3 Å². The van der Waals surface area contributed by atoms with Crippen molar-refractivity contribution in [3.05, 3.63) is 0 Å². The summed E-state index contributed by atoms with van der Waals surface area (Å²) in [5.74, 6) is 5.17. The van der Waals surface area contributed by atoms with Crippen LogP contribution in [0.3, 0.4) is 0 Å². The molecule has 68 valence electrons. The number of amidine groups is 1. The Morgan fingerprint density at radius 1 is 1.75 bits per heavy atom. The smallest absolute Gasteiger partial charge is 0.435 e. The summed E-state index contributed by atoms with van der Waals surface area (Å²) in [7, 11) is 0. The quantitative estimate of drug-likeness (QED) is 0.158. The van der Waals surface area contributed by atoms with E-state index < -0.39 is 6.09 Å². The fraction of sp³-hybridized carbons (Fsp3) is 0.500. The van der Waals surface area contributed by atoms with E-state index in [-0.39, 0.29) is 12.4 Å². The Kier molecular flexibility index (Phi) is 4.62. The summed E-state index contributed by atoms with van der Waals surface area (Å²) in [4.78, 5) is 24.1. The third kappa shape index (κ3) is 3.67. The second-order valence-electron chi connectivity index (χ2n) is 1.87. The van der Waals surface area contributed by atoms with Crippen LogP contribution in [0.2, 0.25) is 0 Å². The highest BCUT2D eigenvalue weighted by Crippen LogP contribution is 1.86. The molecule has 0 rings (SSSR count). The van der Waals surface area contributed by atoms with Gasteiger partial charge in [-0.15, -0.1) is 0 Å². The lowest BCUT2D eigenvalue weighted by Gasteiger charge is -2.07. The topological polar surface area (TPSA) is 85.0 Å². The fourth-order valence-electron chi connectivity index (χ4n) is 0.422. The molecule has 12 heavy (non-hydrogen) atoms. The van der Waals surface area contributed by atoms with Gasteiger partial charge in [-0.3, -0.25) is 4.79 Å². The zero-order valence-corrected chi connectivity index (χ0v) is 6.98. The van der Waals surface area contributed by atoms with Crippen molar-refractivity contribution in [2.24, 2.45) is 10.8 Å². The summed E-state index contributed by atoms with van der Waals surface area (Å²) in [6.07, 6.45) is -0.412. The standard InChI is InChI=1S/C6H11N3O3/c1-3-12-6(11)8-5(2)9(7)4-10/h4H,3,7H2,1-2H3/b8-5+. The van der Waals surface area contributed by atoms with Gasteiger partial charge in [0.1, 0.15) is 5.84 Å². The molecule has 6 nitrogen and oxygen atoms in total. The Morgan fingerprint density at radius 2 is 2.33 bits per heavy atom. The highest BCUT2D eigenvalue weighted by atomic mass is 16.5. The number of aliphatic imine (C=N–C) groups is 1. The lowest BCUT2D eigenvalue weighted by molar-refractivity contribution is -0.115. The highest BCUT2D eigenvalue weighted by molar-refractivity contribution is 5.94. The average molecular weight is 173 g/mol. The van der Waals surface area contributed by atoms with E-state index in [9.17, 15) is 9.59 Å². The van der Waals surface area contributed by atoms with E-state index in [0.717, 1.165) is 0 Å². The van der Waals surface area contributed by atoms with Crippen molar-refractivity contribution in [3.63, 3.8) is 0 Å². The fourth-order valence-corrected chi connectivity index (χ4v) is 0.422. The van der Waals surface area contributed by atoms with Gasteiger partial charge in [-0.1, -0.05) is 0 Å². The first-order valence-corrected chi connectivity index (χ1v) is 3.33. The van der Waals surface area contributed by atoms with Gasteiger partial charge in [-0.05, 0) is 13.8 Å². The van der Waals surface area contributed by atoms with Crippen LogP contribution < -0.4 is 5.84 Å². The van der Waals surface area contributed by atoms with Gasteiger partial charge in [0.05, 0.1) is 6.61 Å². The van der Waals surface area contributed by atoms with Crippen LogP contribution in [-0.2, 0) is 9.53 Å². The minimum Gasteiger partial charge on any atom is -0.448 e. The summed E-state index contributed by atoms with van der Waals surface area (Å²) in [5, 5.41) is 0.691. The molecule has 0 spiro atoms. The molecule has 2 amide bonds. The molecule has 0 saturated carbocycles. The molecule has 0 saturated heterocycles. The summed E-state index contributed by atoms with van der Waals surface area (Å²) in [6, 6.07) is 0. The number of ether oxygens (including phenoxy) is 1. The van der Waals surface area contributed by atoms with Gasteiger partial charge in [0.25, 0.3) is 0 Å².